The Hall–Kier alpha value is -0.130. The van der Waals surface area contributed by atoms with Gasteiger partial charge in [0, 0.05) is 18.0 Å². The summed E-state index contributed by atoms with van der Waals surface area (Å²) in [6, 6.07) is 3.71. The summed E-state index contributed by atoms with van der Waals surface area (Å²) in [6.45, 7) is 1.90. The molecule has 0 aromatic heterocycles. The highest BCUT2D eigenvalue weighted by Crippen LogP contribution is 2.32. The average Bonchev–Trinajstić information content (AvgIpc) is 2.47. The van der Waals surface area contributed by atoms with Gasteiger partial charge in [-0.05, 0) is 44.3 Å². The lowest BCUT2D eigenvalue weighted by molar-refractivity contribution is 0.0703. The lowest BCUT2D eigenvalue weighted by atomic mass is 10.0. The van der Waals surface area contributed by atoms with Crippen molar-refractivity contribution in [3.05, 3.63) is 27.7 Å². The zero-order chi connectivity index (χ0) is 14.7. The van der Waals surface area contributed by atoms with Crippen LogP contribution in [0.1, 0.15) is 23.2 Å². The number of halogens is 3. The second-order valence-corrected chi connectivity index (χ2v) is 6.53. The molecule has 3 nitrogen and oxygen atoms in total. The SMILES string of the molecule is CSc1cc(C(=O)N(C)C2CCNCC2)c(Cl)cc1Cl.Cl. The van der Waals surface area contributed by atoms with Gasteiger partial charge in [0.2, 0.25) is 0 Å². The van der Waals surface area contributed by atoms with Gasteiger partial charge in [-0.15, -0.1) is 24.2 Å². The van der Waals surface area contributed by atoms with Crippen molar-refractivity contribution in [2.45, 2.75) is 23.8 Å². The smallest absolute Gasteiger partial charge is 0.255 e. The van der Waals surface area contributed by atoms with Gasteiger partial charge >= 0.3 is 0 Å². The van der Waals surface area contributed by atoms with Crippen LogP contribution in [-0.2, 0) is 0 Å². The first kappa shape index (κ1) is 18.9. The highest BCUT2D eigenvalue weighted by molar-refractivity contribution is 7.98. The number of amides is 1. The Bertz CT molecular complexity index is 507. The van der Waals surface area contributed by atoms with E-state index in [1.54, 1.807) is 17.0 Å². The van der Waals surface area contributed by atoms with Crippen molar-refractivity contribution in [3.63, 3.8) is 0 Å². The molecule has 1 heterocycles. The molecule has 118 valence electrons. The van der Waals surface area contributed by atoms with E-state index in [1.165, 1.54) is 11.8 Å². The maximum Gasteiger partial charge on any atom is 0.255 e. The molecule has 7 heteroatoms. The number of nitrogens with zero attached hydrogens (tertiary/aromatic N) is 1. The van der Waals surface area contributed by atoms with Gasteiger partial charge in [0.25, 0.3) is 5.91 Å². The number of carbonyl (C=O) groups excluding carboxylic acids is 1. The summed E-state index contributed by atoms with van der Waals surface area (Å²) in [5.74, 6) is -0.0335. The predicted molar refractivity (Wildman–Crippen MR) is 93.5 cm³/mol. The molecule has 0 aliphatic carbocycles. The molecule has 1 aliphatic heterocycles. The van der Waals surface area contributed by atoms with Crippen LogP contribution in [0.3, 0.4) is 0 Å². The zero-order valence-electron chi connectivity index (χ0n) is 12.0. The normalized spacial score (nSPS) is 15.4. The molecule has 21 heavy (non-hydrogen) atoms. The molecule has 0 atom stereocenters. The van der Waals surface area contributed by atoms with Crippen molar-refractivity contribution in [1.29, 1.82) is 0 Å². The summed E-state index contributed by atoms with van der Waals surface area (Å²) < 4.78 is 0. The number of hydrogen-bond donors (Lipinski definition) is 1. The van der Waals surface area contributed by atoms with Gasteiger partial charge in [-0.3, -0.25) is 4.79 Å². The van der Waals surface area contributed by atoms with Gasteiger partial charge in [0.15, 0.2) is 0 Å². The Morgan fingerprint density at radius 1 is 1.29 bits per heavy atom. The molecule has 1 N–H and O–H groups in total. The second-order valence-electron chi connectivity index (χ2n) is 4.86. The van der Waals surface area contributed by atoms with Gasteiger partial charge < -0.3 is 10.2 Å². The van der Waals surface area contributed by atoms with Crippen LogP contribution in [0, 0.1) is 0 Å². The predicted octanol–water partition coefficient (Wildman–Crippen LogP) is 3.96. The maximum atomic E-state index is 12.6. The Morgan fingerprint density at radius 3 is 2.48 bits per heavy atom. The lowest BCUT2D eigenvalue weighted by Crippen LogP contribution is -2.44. The number of rotatable bonds is 3. The molecule has 0 unspecified atom stereocenters. The zero-order valence-corrected chi connectivity index (χ0v) is 15.1. The first-order valence-electron chi connectivity index (χ1n) is 6.55. The molecule has 1 aromatic rings. The van der Waals surface area contributed by atoms with Crippen molar-refractivity contribution in [2.24, 2.45) is 0 Å². The summed E-state index contributed by atoms with van der Waals surface area (Å²) in [5, 5.41) is 4.30. The van der Waals surface area contributed by atoms with E-state index in [4.69, 9.17) is 23.2 Å². The quantitative estimate of drug-likeness (QED) is 0.818. The van der Waals surface area contributed by atoms with Gasteiger partial charge in [-0.25, -0.2) is 0 Å². The second kappa shape index (κ2) is 8.49. The fourth-order valence-corrected chi connectivity index (χ4v) is 3.58. The molecule has 0 bridgehead atoms. The highest BCUT2D eigenvalue weighted by Gasteiger charge is 2.24. The van der Waals surface area contributed by atoms with Crippen LogP contribution in [0.15, 0.2) is 17.0 Å². The van der Waals surface area contributed by atoms with Crippen LogP contribution >= 0.6 is 47.4 Å². The van der Waals surface area contributed by atoms with Gasteiger partial charge in [-0.2, -0.15) is 0 Å². The third-order valence-electron chi connectivity index (χ3n) is 3.65. The molecule has 2 rings (SSSR count). The minimum absolute atomic E-state index is 0. The number of nitrogens with one attached hydrogen (secondary N) is 1. The minimum atomic E-state index is -0.0335. The van der Waals surface area contributed by atoms with Gasteiger partial charge in [-0.1, -0.05) is 23.2 Å². The number of carbonyl (C=O) groups is 1. The summed E-state index contributed by atoms with van der Waals surface area (Å²) in [6.07, 6.45) is 3.88. The number of benzene rings is 1. The first-order chi connectivity index (χ1) is 9.54. The Kier molecular flexibility index (Phi) is 7.65. The minimum Gasteiger partial charge on any atom is -0.339 e. The molecule has 0 spiro atoms. The molecule has 0 saturated carbocycles. The van der Waals surface area contributed by atoms with E-state index in [0.717, 1.165) is 30.8 Å². The van der Waals surface area contributed by atoms with E-state index in [-0.39, 0.29) is 24.4 Å². The summed E-state index contributed by atoms with van der Waals surface area (Å²) in [7, 11) is 1.85. The lowest BCUT2D eigenvalue weighted by Gasteiger charge is -2.32. The third kappa shape index (κ3) is 4.42. The summed E-state index contributed by atoms with van der Waals surface area (Å²) in [5.41, 5.74) is 0.529. The van der Waals surface area contributed by atoms with E-state index in [0.29, 0.717) is 15.6 Å². The van der Waals surface area contributed by atoms with E-state index >= 15 is 0 Å². The number of piperidine rings is 1. The van der Waals surface area contributed by atoms with Crippen molar-refractivity contribution < 1.29 is 4.79 Å². The highest BCUT2D eigenvalue weighted by atomic mass is 35.5. The van der Waals surface area contributed by atoms with Crippen molar-refractivity contribution in [1.82, 2.24) is 10.2 Å². The molecule has 1 amide bonds. The number of thioether (sulfide) groups is 1. The number of hydrogen-bond acceptors (Lipinski definition) is 3. The van der Waals surface area contributed by atoms with Crippen LogP contribution in [0.4, 0.5) is 0 Å². The average molecular weight is 370 g/mol. The monoisotopic (exact) mass is 368 g/mol. The molecule has 1 saturated heterocycles. The van der Waals surface area contributed by atoms with E-state index in [9.17, 15) is 4.79 Å². The van der Waals surface area contributed by atoms with Crippen LogP contribution < -0.4 is 5.32 Å². The molecule has 1 fully saturated rings. The third-order valence-corrected chi connectivity index (χ3v) is 5.16. The largest absolute Gasteiger partial charge is 0.339 e. The van der Waals surface area contributed by atoms with Crippen LogP contribution in [-0.4, -0.2) is 43.2 Å². The topological polar surface area (TPSA) is 32.3 Å². The van der Waals surface area contributed by atoms with Crippen molar-refractivity contribution >= 4 is 53.3 Å². The maximum absolute atomic E-state index is 12.6. The Morgan fingerprint density at radius 2 is 1.90 bits per heavy atom. The van der Waals surface area contributed by atoms with Crippen molar-refractivity contribution in [3.8, 4) is 0 Å². The van der Waals surface area contributed by atoms with Crippen molar-refractivity contribution in [2.75, 3.05) is 26.4 Å². The van der Waals surface area contributed by atoms with Crippen LogP contribution in [0.2, 0.25) is 10.0 Å². The molecule has 1 aliphatic rings. The van der Waals surface area contributed by atoms with Crippen LogP contribution in [0.5, 0.6) is 0 Å². The standard InChI is InChI=1S/C14H18Cl2N2OS.ClH/c1-18(9-3-5-17-6-4-9)14(19)10-7-13(20-2)12(16)8-11(10)15;/h7-9,17H,3-6H2,1-2H3;1H. The summed E-state index contributed by atoms with van der Waals surface area (Å²) in [4.78, 5) is 15.3. The molecule has 1 aromatic carbocycles. The molecular formula is C14H19Cl3N2OS. The summed E-state index contributed by atoms with van der Waals surface area (Å²) >= 11 is 13.8. The van der Waals surface area contributed by atoms with E-state index < -0.39 is 0 Å². The van der Waals surface area contributed by atoms with E-state index in [1.807, 2.05) is 13.3 Å². The van der Waals surface area contributed by atoms with Crippen LogP contribution in [0.25, 0.3) is 0 Å². The first-order valence-corrected chi connectivity index (χ1v) is 8.53. The van der Waals surface area contributed by atoms with Gasteiger partial charge in [0.1, 0.15) is 0 Å². The Balaban J connectivity index is 0.00000220. The molecule has 0 radical (unpaired) electrons. The van der Waals surface area contributed by atoms with Gasteiger partial charge in [0.05, 0.1) is 15.6 Å². The Labute approximate surface area is 146 Å². The fraction of sp³-hybridized carbons (Fsp3) is 0.500. The molecular weight excluding hydrogens is 351 g/mol. The van der Waals surface area contributed by atoms with E-state index in [2.05, 4.69) is 5.32 Å². The fourth-order valence-electron chi connectivity index (χ4n) is 2.40.